The topological polar surface area (TPSA) is 50.9 Å². The number of benzene rings is 1. The molecule has 1 aromatic heterocycles. The first-order valence-corrected chi connectivity index (χ1v) is 7.20. The molecule has 2 aliphatic rings. The van der Waals surface area contributed by atoms with Crippen LogP contribution < -0.4 is 11.1 Å². The van der Waals surface area contributed by atoms with Crippen molar-refractivity contribution in [3.8, 4) is 0 Å². The molecule has 2 aromatic rings. The highest BCUT2D eigenvalue weighted by Gasteiger charge is 2.39. The third kappa shape index (κ3) is 1.84. The van der Waals surface area contributed by atoms with Crippen molar-refractivity contribution >= 4 is 22.3 Å². The second kappa shape index (κ2) is 4.12. The van der Waals surface area contributed by atoms with Crippen LogP contribution in [0.3, 0.4) is 0 Å². The summed E-state index contributed by atoms with van der Waals surface area (Å²) < 4.78 is 0. The fraction of sp³-hybridized carbons (Fsp3) is 0.438. The Morgan fingerprint density at radius 3 is 2.89 bits per heavy atom. The highest BCUT2D eigenvalue weighted by molar-refractivity contribution is 5.92. The SMILES string of the molecule is Nc1ccc2c(NC3CC4CCC3C4)ccnc2c1. The lowest BCUT2D eigenvalue weighted by Crippen LogP contribution is -2.25. The number of nitrogens with two attached hydrogens (primary N) is 1. The molecule has 3 nitrogen and oxygen atoms in total. The number of nitrogen functional groups attached to an aromatic ring is 1. The van der Waals surface area contributed by atoms with Crippen molar-refractivity contribution in [3.63, 3.8) is 0 Å². The molecule has 0 amide bonds. The second-order valence-electron chi connectivity index (χ2n) is 6.06. The van der Waals surface area contributed by atoms with Gasteiger partial charge in [-0.3, -0.25) is 4.98 Å². The molecule has 3 unspecified atom stereocenters. The van der Waals surface area contributed by atoms with Gasteiger partial charge in [-0.2, -0.15) is 0 Å². The van der Waals surface area contributed by atoms with Crippen molar-refractivity contribution in [2.45, 2.75) is 31.7 Å². The standard InChI is InChI=1S/C16H19N3/c17-12-3-4-13-14(5-6-18-16(13)9-12)19-15-8-10-1-2-11(15)7-10/h3-6,9-11,15H,1-2,7-8,17H2,(H,18,19). The molecule has 3 atom stereocenters. The maximum atomic E-state index is 5.83. The van der Waals surface area contributed by atoms with Gasteiger partial charge in [0, 0.05) is 29.0 Å². The van der Waals surface area contributed by atoms with Crippen LogP contribution in [0.2, 0.25) is 0 Å². The molecule has 1 aromatic carbocycles. The minimum absolute atomic E-state index is 0.655. The lowest BCUT2D eigenvalue weighted by Gasteiger charge is -2.24. The fourth-order valence-electron chi connectivity index (χ4n) is 3.91. The number of rotatable bonds is 2. The molecule has 2 saturated carbocycles. The smallest absolute Gasteiger partial charge is 0.0743 e. The quantitative estimate of drug-likeness (QED) is 0.806. The van der Waals surface area contributed by atoms with Gasteiger partial charge in [0.05, 0.1) is 5.52 Å². The Labute approximate surface area is 113 Å². The van der Waals surface area contributed by atoms with Crippen molar-refractivity contribution < 1.29 is 0 Å². The lowest BCUT2D eigenvalue weighted by molar-refractivity contribution is 0.440. The van der Waals surface area contributed by atoms with Gasteiger partial charge in [-0.1, -0.05) is 6.42 Å². The maximum Gasteiger partial charge on any atom is 0.0743 e. The zero-order valence-corrected chi connectivity index (χ0v) is 11.0. The Hall–Kier alpha value is -1.77. The second-order valence-corrected chi connectivity index (χ2v) is 6.06. The Bertz CT molecular complexity index is 622. The summed E-state index contributed by atoms with van der Waals surface area (Å²) in [6.07, 6.45) is 7.48. The molecule has 0 radical (unpaired) electrons. The third-order valence-electron chi connectivity index (χ3n) is 4.85. The van der Waals surface area contributed by atoms with Gasteiger partial charge in [-0.05, 0) is 55.4 Å². The minimum Gasteiger partial charge on any atom is -0.399 e. The van der Waals surface area contributed by atoms with E-state index in [9.17, 15) is 0 Å². The summed E-state index contributed by atoms with van der Waals surface area (Å²) in [6, 6.07) is 8.72. The van der Waals surface area contributed by atoms with E-state index in [1.54, 1.807) is 0 Å². The van der Waals surface area contributed by atoms with E-state index in [1.165, 1.54) is 36.8 Å². The van der Waals surface area contributed by atoms with Crippen molar-refractivity contribution in [2.24, 2.45) is 11.8 Å². The van der Waals surface area contributed by atoms with Gasteiger partial charge in [-0.15, -0.1) is 0 Å². The average Bonchev–Trinajstić information content (AvgIpc) is 3.01. The molecule has 2 bridgehead atoms. The summed E-state index contributed by atoms with van der Waals surface area (Å²) in [6.45, 7) is 0. The van der Waals surface area contributed by atoms with Crippen LogP contribution in [0, 0.1) is 11.8 Å². The molecule has 0 saturated heterocycles. The number of aromatic nitrogens is 1. The molecule has 4 rings (SSSR count). The number of nitrogens with zero attached hydrogens (tertiary/aromatic N) is 1. The van der Waals surface area contributed by atoms with E-state index in [-0.39, 0.29) is 0 Å². The molecule has 3 N–H and O–H groups in total. The predicted molar refractivity (Wildman–Crippen MR) is 79.0 cm³/mol. The molecule has 3 heteroatoms. The number of fused-ring (bicyclic) bond motifs is 3. The van der Waals surface area contributed by atoms with Crippen molar-refractivity contribution in [1.29, 1.82) is 0 Å². The van der Waals surface area contributed by atoms with E-state index in [0.29, 0.717) is 6.04 Å². The molecule has 2 fully saturated rings. The fourth-order valence-corrected chi connectivity index (χ4v) is 3.91. The molecular formula is C16H19N3. The first-order chi connectivity index (χ1) is 9.29. The van der Waals surface area contributed by atoms with E-state index in [1.807, 2.05) is 18.3 Å². The Morgan fingerprint density at radius 2 is 2.11 bits per heavy atom. The number of pyridine rings is 1. The minimum atomic E-state index is 0.655. The number of nitrogens with one attached hydrogen (secondary N) is 1. The number of hydrogen-bond acceptors (Lipinski definition) is 3. The van der Waals surface area contributed by atoms with Crippen LogP contribution in [-0.2, 0) is 0 Å². The zero-order chi connectivity index (χ0) is 12.8. The van der Waals surface area contributed by atoms with Crippen molar-refractivity contribution in [2.75, 3.05) is 11.1 Å². The lowest BCUT2D eigenvalue weighted by atomic mass is 9.95. The monoisotopic (exact) mass is 253 g/mol. The number of anilines is 2. The molecule has 98 valence electrons. The van der Waals surface area contributed by atoms with Crippen LogP contribution in [0.15, 0.2) is 30.5 Å². The summed E-state index contributed by atoms with van der Waals surface area (Å²) >= 11 is 0. The van der Waals surface area contributed by atoms with E-state index in [4.69, 9.17) is 5.73 Å². The van der Waals surface area contributed by atoms with Crippen molar-refractivity contribution in [1.82, 2.24) is 4.98 Å². The van der Waals surface area contributed by atoms with Gasteiger partial charge in [0.2, 0.25) is 0 Å². The summed E-state index contributed by atoms with van der Waals surface area (Å²) in [5.41, 5.74) is 8.79. The average molecular weight is 253 g/mol. The molecule has 1 heterocycles. The predicted octanol–water partition coefficient (Wildman–Crippen LogP) is 3.42. The molecular weight excluding hydrogens is 234 g/mol. The maximum absolute atomic E-state index is 5.83. The third-order valence-corrected chi connectivity index (χ3v) is 4.85. The highest BCUT2D eigenvalue weighted by atomic mass is 14.9. The first-order valence-electron chi connectivity index (χ1n) is 7.20. The van der Waals surface area contributed by atoms with Gasteiger partial charge in [0.15, 0.2) is 0 Å². The first kappa shape index (κ1) is 11.1. The van der Waals surface area contributed by atoms with Gasteiger partial charge < -0.3 is 11.1 Å². The van der Waals surface area contributed by atoms with Gasteiger partial charge in [0.25, 0.3) is 0 Å². The summed E-state index contributed by atoms with van der Waals surface area (Å²) in [4.78, 5) is 4.41. The molecule has 19 heavy (non-hydrogen) atoms. The van der Waals surface area contributed by atoms with Gasteiger partial charge >= 0.3 is 0 Å². The number of hydrogen-bond donors (Lipinski definition) is 2. The zero-order valence-electron chi connectivity index (χ0n) is 11.0. The Balaban J connectivity index is 1.67. The highest BCUT2D eigenvalue weighted by Crippen LogP contribution is 2.45. The molecule has 0 spiro atoms. The van der Waals surface area contributed by atoms with Crippen LogP contribution in [0.4, 0.5) is 11.4 Å². The van der Waals surface area contributed by atoms with Crippen molar-refractivity contribution in [3.05, 3.63) is 30.5 Å². The largest absolute Gasteiger partial charge is 0.399 e. The van der Waals surface area contributed by atoms with Crippen LogP contribution in [0.25, 0.3) is 10.9 Å². The van der Waals surface area contributed by atoms with Gasteiger partial charge in [0.1, 0.15) is 0 Å². The Kier molecular flexibility index (Phi) is 2.40. The normalized spacial score (nSPS) is 28.9. The Morgan fingerprint density at radius 1 is 1.16 bits per heavy atom. The summed E-state index contributed by atoms with van der Waals surface area (Å²) in [7, 11) is 0. The van der Waals surface area contributed by atoms with E-state index in [2.05, 4.69) is 22.4 Å². The van der Waals surface area contributed by atoms with E-state index < -0.39 is 0 Å². The van der Waals surface area contributed by atoms with Crippen LogP contribution in [0.5, 0.6) is 0 Å². The van der Waals surface area contributed by atoms with E-state index in [0.717, 1.165) is 23.0 Å². The van der Waals surface area contributed by atoms with Crippen LogP contribution in [0.1, 0.15) is 25.7 Å². The van der Waals surface area contributed by atoms with Crippen LogP contribution >= 0.6 is 0 Å². The molecule has 0 aliphatic heterocycles. The molecule has 2 aliphatic carbocycles. The summed E-state index contributed by atoms with van der Waals surface area (Å²) in [5, 5.41) is 4.93. The summed E-state index contributed by atoms with van der Waals surface area (Å²) in [5.74, 6) is 1.84. The van der Waals surface area contributed by atoms with E-state index >= 15 is 0 Å². The van der Waals surface area contributed by atoms with Crippen LogP contribution in [-0.4, -0.2) is 11.0 Å². The van der Waals surface area contributed by atoms with Gasteiger partial charge in [-0.25, -0.2) is 0 Å².